The van der Waals surface area contributed by atoms with Gasteiger partial charge >= 0.3 is 0 Å². The lowest BCUT2D eigenvalue weighted by Crippen LogP contribution is -2.42. The van der Waals surface area contributed by atoms with E-state index in [1.54, 1.807) is 0 Å². The van der Waals surface area contributed by atoms with E-state index in [9.17, 15) is 4.79 Å². The Morgan fingerprint density at radius 2 is 2.03 bits per heavy atom. The first-order valence-corrected chi connectivity index (χ1v) is 10.6. The molecule has 0 aliphatic carbocycles. The van der Waals surface area contributed by atoms with Gasteiger partial charge < -0.3 is 20.3 Å². The molecular weight excluding hydrogens is 479 g/mol. The second-order valence-electron chi connectivity index (χ2n) is 7.38. The number of aryl methyl sites for hydroxylation is 1. The number of rotatable bonds is 10. The van der Waals surface area contributed by atoms with Gasteiger partial charge in [-0.15, -0.1) is 24.0 Å². The largest absolute Gasteiger partial charge is 0.489 e. The predicted octanol–water partition coefficient (Wildman–Crippen LogP) is 3.73. The number of guanidine groups is 1. The average molecular weight is 516 g/mol. The molecular formula is C22H37IN4O2. The first-order chi connectivity index (χ1) is 13.5. The molecule has 1 aromatic rings. The fourth-order valence-corrected chi connectivity index (χ4v) is 3.50. The number of para-hydroxylation sites is 1. The number of nitrogens with one attached hydrogen (secondary N) is 2. The summed E-state index contributed by atoms with van der Waals surface area (Å²) in [6.07, 6.45) is 3.60. The van der Waals surface area contributed by atoms with Gasteiger partial charge in [0.25, 0.3) is 0 Å². The smallest absolute Gasteiger partial charge is 0.222 e. The van der Waals surface area contributed by atoms with Gasteiger partial charge in [0.2, 0.25) is 5.91 Å². The van der Waals surface area contributed by atoms with E-state index in [0.717, 1.165) is 56.2 Å². The highest BCUT2D eigenvalue weighted by atomic mass is 127. The van der Waals surface area contributed by atoms with Crippen molar-refractivity contribution in [3.8, 4) is 5.75 Å². The maximum Gasteiger partial charge on any atom is 0.222 e. The minimum absolute atomic E-state index is 0. The molecule has 0 aromatic heterocycles. The zero-order chi connectivity index (χ0) is 20.4. The summed E-state index contributed by atoms with van der Waals surface area (Å²) >= 11 is 0. The Morgan fingerprint density at radius 1 is 1.28 bits per heavy atom. The molecule has 1 aliphatic rings. The van der Waals surface area contributed by atoms with Crippen molar-refractivity contribution >= 4 is 35.8 Å². The number of amides is 1. The molecule has 2 atom stereocenters. The van der Waals surface area contributed by atoms with Crippen LogP contribution in [0, 0.1) is 6.92 Å². The second-order valence-corrected chi connectivity index (χ2v) is 7.38. The van der Waals surface area contributed by atoms with Crippen molar-refractivity contribution in [1.82, 2.24) is 15.5 Å². The summed E-state index contributed by atoms with van der Waals surface area (Å²) in [4.78, 5) is 18.7. The average Bonchev–Trinajstić information content (AvgIpc) is 3.11. The van der Waals surface area contributed by atoms with Crippen molar-refractivity contribution in [3.63, 3.8) is 0 Å². The predicted molar refractivity (Wildman–Crippen MR) is 130 cm³/mol. The Balaban J connectivity index is 0.00000420. The molecule has 6 nitrogen and oxygen atoms in total. The topological polar surface area (TPSA) is 66.0 Å². The van der Waals surface area contributed by atoms with E-state index >= 15 is 0 Å². The number of hydrogen-bond donors (Lipinski definition) is 2. The summed E-state index contributed by atoms with van der Waals surface area (Å²) in [7, 11) is 0. The van der Waals surface area contributed by atoms with Crippen LogP contribution >= 0.6 is 24.0 Å². The maximum atomic E-state index is 12.0. The molecule has 164 valence electrons. The molecule has 1 fully saturated rings. The van der Waals surface area contributed by atoms with Crippen molar-refractivity contribution in [1.29, 1.82) is 0 Å². The first kappa shape index (κ1) is 25.5. The number of hydrogen-bond acceptors (Lipinski definition) is 3. The van der Waals surface area contributed by atoms with Gasteiger partial charge in [-0.1, -0.05) is 25.1 Å². The minimum atomic E-state index is -0.0119. The van der Waals surface area contributed by atoms with Crippen molar-refractivity contribution < 1.29 is 9.53 Å². The Morgan fingerprint density at radius 3 is 2.66 bits per heavy atom. The van der Waals surface area contributed by atoms with Crippen molar-refractivity contribution in [2.75, 3.05) is 26.2 Å². The van der Waals surface area contributed by atoms with Gasteiger partial charge in [0.1, 0.15) is 11.9 Å². The molecule has 2 N–H and O–H groups in total. The van der Waals surface area contributed by atoms with E-state index in [-0.39, 0.29) is 30.1 Å². The van der Waals surface area contributed by atoms with Crippen LogP contribution in [0.25, 0.3) is 0 Å². The molecule has 1 amide bonds. The van der Waals surface area contributed by atoms with E-state index in [4.69, 9.17) is 4.74 Å². The molecule has 1 aliphatic heterocycles. The third-order valence-corrected chi connectivity index (χ3v) is 5.06. The Kier molecular flexibility index (Phi) is 12.0. The van der Waals surface area contributed by atoms with Crippen LogP contribution in [-0.2, 0) is 4.79 Å². The summed E-state index contributed by atoms with van der Waals surface area (Å²) in [5.74, 6) is 2.00. The van der Waals surface area contributed by atoms with Crippen molar-refractivity contribution in [3.05, 3.63) is 29.8 Å². The standard InChI is InChI=1S/C22H36N4O2.HI/c1-5-19(26-15-9-12-21(26)27)13-14-24-22(23-6-2)25-16-18(4)28-20-11-8-7-10-17(20)3;/h7-8,10-11,18-19H,5-6,9,12-16H2,1-4H3,(H2,23,24,25);1H. The highest BCUT2D eigenvalue weighted by Gasteiger charge is 2.26. The Bertz CT molecular complexity index is 653. The number of nitrogens with zero attached hydrogens (tertiary/aromatic N) is 2. The van der Waals surface area contributed by atoms with Crippen LogP contribution < -0.4 is 15.4 Å². The lowest BCUT2D eigenvalue weighted by atomic mass is 10.1. The highest BCUT2D eigenvalue weighted by Crippen LogP contribution is 2.18. The lowest BCUT2D eigenvalue weighted by Gasteiger charge is -2.27. The number of carbonyl (C=O) groups excluding carboxylic acids is 1. The molecule has 29 heavy (non-hydrogen) atoms. The van der Waals surface area contributed by atoms with Crippen molar-refractivity contribution in [2.45, 2.75) is 65.5 Å². The van der Waals surface area contributed by atoms with E-state index in [1.165, 1.54) is 0 Å². The summed E-state index contributed by atoms with van der Waals surface area (Å²) in [6, 6.07) is 8.35. The van der Waals surface area contributed by atoms with Gasteiger partial charge in [0.15, 0.2) is 5.96 Å². The van der Waals surface area contributed by atoms with Gasteiger partial charge in [0.05, 0.1) is 6.54 Å². The SMILES string of the molecule is CCNC(=NCC(C)Oc1ccccc1C)NCCC(CC)N1CCCC1=O.I. The van der Waals surface area contributed by atoms with Crippen molar-refractivity contribution in [2.24, 2.45) is 4.99 Å². The van der Waals surface area contributed by atoms with Gasteiger partial charge in [-0.3, -0.25) is 4.79 Å². The minimum Gasteiger partial charge on any atom is -0.489 e. The maximum absolute atomic E-state index is 12.0. The molecule has 1 heterocycles. The van der Waals surface area contributed by atoms with E-state index < -0.39 is 0 Å². The zero-order valence-electron chi connectivity index (χ0n) is 18.2. The molecule has 0 saturated carbocycles. The van der Waals surface area contributed by atoms with Crippen LogP contribution in [0.4, 0.5) is 0 Å². The van der Waals surface area contributed by atoms with Crippen LogP contribution in [0.2, 0.25) is 0 Å². The number of carbonyl (C=O) groups is 1. The second kappa shape index (κ2) is 13.7. The molecule has 1 saturated heterocycles. The van der Waals surface area contributed by atoms with E-state index in [0.29, 0.717) is 24.9 Å². The van der Waals surface area contributed by atoms with E-state index in [2.05, 4.69) is 29.5 Å². The zero-order valence-corrected chi connectivity index (χ0v) is 20.6. The number of benzene rings is 1. The molecule has 1 aromatic carbocycles. The monoisotopic (exact) mass is 516 g/mol. The molecule has 2 rings (SSSR count). The first-order valence-electron chi connectivity index (χ1n) is 10.6. The van der Waals surface area contributed by atoms with Gasteiger partial charge in [-0.05, 0) is 51.7 Å². The van der Waals surface area contributed by atoms with Gasteiger partial charge in [-0.2, -0.15) is 0 Å². The van der Waals surface area contributed by atoms with Crippen LogP contribution in [0.3, 0.4) is 0 Å². The summed E-state index contributed by atoms with van der Waals surface area (Å²) in [5, 5.41) is 6.69. The Hall–Kier alpha value is -1.51. The quantitative estimate of drug-likeness (QED) is 0.283. The summed E-state index contributed by atoms with van der Waals surface area (Å²) in [5.41, 5.74) is 1.13. The molecule has 7 heteroatoms. The van der Waals surface area contributed by atoms with Crippen LogP contribution in [0.1, 0.15) is 52.0 Å². The van der Waals surface area contributed by atoms with E-state index in [1.807, 2.05) is 43.0 Å². The van der Waals surface area contributed by atoms with Gasteiger partial charge in [0, 0.05) is 32.1 Å². The molecule has 0 spiro atoms. The normalized spacial score (nSPS) is 16.2. The molecule has 0 bridgehead atoms. The third kappa shape index (κ3) is 8.40. The number of ether oxygens (including phenoxy) is 1. The van der Waals surface area contributed by atoms with Crippen LogP contribution in [0.5, 0.6) is 5.75 Å². The Labute approximate surface area is 192 Å². The molecule has 2 unspecified atom stereocenters. The summed E-state index contributed by atoms with van der Waals surface area (Å²) in [6.45, 7) is 11.4. The number of aliphatic imine (C=N–C) groups is 1. The number of likely N-dealkylation sites (tertiary alicyclic amines) is 1. The fraction of sp³-hybridized carbons (Fsp3) is 0.636. The van der Waals surface area contributed by atoms with Crippen LogP contribution in [0.15, 0.2) is 29.3 Å². The van der Waals surface area contributed by atoms with Gasteiger partial charge in [-0.25, -0.2) is 4.99 Å². The summed E-state index contributed by atoms with van der Waals surface area (Å²) < 4.78 is 6.01. The van der Waals surface area contributed by atoms with Crippen LogP contribution in [-0.4, -0.2) is 55.1 Å². The molecule has 0 radical (unpaired) electrons. The third-order valence-electron chi connectivity index (χ3n) is 5.06. The lowest BCUT2D eigenvalue weighted by molar-refractivity contribution is -0.129. The fourth-order valence-electron chi connectivity index (χ4n) is 3.50. The number of halogens is 1. The highest BCUT2D eigenvalue weighted by molar-refractivity contribution is 14.0.